The summed E-state index contributed by atoms with van der Waals surface area (Å²) in [6.07, 6.45) is 1.34. The fourth-order valence-corrected chi connectivity index (χ4v) is 2.27. The molecular weight excluding hydrogens is 342 g/mol. The number of anilines is 2. The van der Waals surface area contributed by atoms with Crippen molar-refractivity contribution in [1.29, 1.82) is 5.26 Å². The van der Waals surface area contributed by atoms with Crippen LogP contribution in [0, 0.1) is 11.3 Å². The van der Waals surface area contributed by atoms with E-state index in [1.165, 1.54) is 36.0 Å². The summed E-state index contributed by atoms with van der Waals surface area (Å²) >= 11 is 0. The van der Waals surface area contributed by atoms with Gasteiger partial charge < -0.3 is 15.7 Å². The number of hydrogen-bond donors (Lipinski definition) is 3. The number of carboxylic acids is 1. The fraction of sp³-hybridized carbons (Fsp3) is 0.190. The van der Waals surface area contributed by atoms with Gasteiger partial charge in [0.15, 0.2) is 0 Å². The van der Waals surface area contributed by atoms with Crippen LogP contribution in [-0.2, 0) is 10.2 Å². The van der Waals surface area contributed by atoms with Crippen LogP contribution in [0.1, 0.15) is 36.7 Å². The zero-order valence-electron chi connectivity index (χ0n) is 15.4. The molecule has 3 N–H and O–H groups in total. The standard InChI is InChI=1S/C21H21N3O3/c1-21(2,3)16-6-10-17(11-7-16)23-13-15(12-22)19(25)24-18-8-4-14(5-9-18)20(26)27/h4-11,13,23H,1-3H3,(H,24,25)(H,26,27)/b15-13-. The Morgan fingerprint density at radius 3 is 2.04 bits per heavy atom. The first-order chi connectivity index (χ1) is 12.7. The molecule has 0 aromatic heterocycles. The number of nitrogens with one attached hydrogen (secondary N) is 2. The van der Waals surface area contributed by atoms with E-state index >= 15 is 0 Å². The van der Waals surface area contributed by atoms with Gasteiger partial charge in [0.05, 0.1) is 5.56 Å². The largest absolute Gasteiger partial charge is 0.478 e. The number of amides is 1. The molecule has 2 rings (SSSR count). The number of hydrogen-bond acceptors (Lipinski definition) is 4. The zero-order valence-corrected chi connectivity index (χ0v) is 15.4. The molecule has 1 amide bonds. The van der Waals surface area contributed by atoms with Crippen molar-refractivity contribution in [3.8, 4) is 6.07 Å². The van der Waals surface area contributed by atoms with Gasteiger partial charge in [0, 0.05) is 17.6 Å². The summed E-state index contributed by atoms with van der Waals surface area (Å²) in [5.41, 5.74) is 2.40. The van der Waals surface area contributed by atoms with Crippen LogP contribution in [-0.4, -0.2) is 17.0 Å². The topological polar surface area (TPSA) is 102 Å². The molecule has 0 heterocycles. The first-order valence-corrected chi connectivity index (χ1v) is 8.33. The number of rotatable bonds is 5. The molecule has 0 bridgehead atoms. The van der Waals surface area contributed by atoms with Crippen molar-refractivity contribution in [2.75, 3.05) is 10.6 Å². The van der Waals surface area contributed by atoms with E-state index in [1.807, 2.05) is 30.3 Å². The highest BCUT2D eigenvalue weighted by Gasteiger charge is 2.13. The van der Waals surface area contributed by atoms with Gasteiger partial charge in [-0.25, -0.2) is 4.79 Å². The van der Waals surface area contributed by atoms with Gasteiger partial charge in [-0.05, 0) is 47.4 Å². The number of carbonyl (C=O) groups excluding carboxylic acids is 1. The van der Waals surface area contributed by atoms with Crippen molar-refractivity contribution in [1.82, 2.24) is 0 Å². The SMILES string of the molecule is CC(C)(C)c1ccc(N/C=C(/C#N)C(=O)Nc2ccc(C(=O)O)cc2)cc1. The molecule has 6 heteroatoms. The van der Waals surface area contributed by atoms with Gasteiger partial charge in [-0.15, -0.1) is 0 Å². The lowest BCUT2D eigenvalue weighted by Gasteiger charge is -2.19. The Kier molecular flexibility index (Phi) is 5.99. The highest BCUT2D eigenvalue weighted by atomic mass is 16.4. The molecule has 6 nitrogen and oxygen atoms in total. The molecule has 0 fully saturated rings. The van der Waals surface area contributed by atoms with E-state index in [0.717, 1.165) is 5.69 Å². The molecule has 0 atom stereocenters. The van der Waals surface area contributed by atoms with Gasteiger partial charge in [0.2, 0.25) is 0 Å². The van der Waals surface area contributed by atoms with E-state index in [9.17, 15) is 14.9 Å². The molecule has 27 heavy (non-hydrogen) atoms. The van der Waals surface area contributed by atoms with E-state index in [2.05, 4.69) is 31.4 Å². The molecule has 0 aliphatic heterocycles. The zero-order chi connectivity index (χ0) is 20.0. The molecule has 0 saturated carbocycles. The normalized spacial score (nSPS) is 11.4. The maximum absolute atomic E-state index is 12.2. The Bertz CT molecular complexity index is 900. The van der Waals surface area contributed by atoms with Gasteiger partial charge in [-0.3, -0.25) is 4.79 Å². The maximum atomic E-state index is 12.2. The van der Waals surface area contributed by atoms with Crippen molar-refractivity contribution in [3.05, 3.63) is 71.4 Å². The van der Waals surface area contributed by atoms with Crippen LogP contribution in [0.4, 0.5) is 11.4 Å². The number of carbonyl (C=O) groups is 2. The van der Waals surface area contributed by atoms with Crippen molar-refractivity contribution in [2.24, 2.45) is 0 Å². The highest BCUT2D eigenvalue weighted by molar-refractivity contribution is 6.06. The molecule has 0 saturated heterocycles. The van der Waals surface area contributed by atoms with Gasteiger partial charge in [0.1, 0.15) is 11.6 Å². The maximum Gasteiger partial charge on any atom is 0.335 e. The van der Waals surface area contributed by atoms with Crippen LogP contribution in [0.2, 0.25) is 0 Å². The summed E-state index contributed by atoms with van der Waals surface area (Å²) in [5, 5.41) is 23.6. The number of carboxylic acid groups (broad SMARTS) is 1. The minimum absolute atomic E-state index is 0.0439. The van der Waals surface area contributed by atoms with Crippen molar-refractivity contribution in [3.63, 3.8) is 0 Å². The summed E-state index contributed by atoms with van der Waals surface area (Å²) in [6.45, 7) is 6.36. The Hall–Kier alpha value is -3.59. The number of nitrogens with zero attached hydrogens (tertiary/aromatic N) is 1. The van der Waals surface area contributed by atoms with Crippen LogP contribution in [0.5, 0.6) is 0 Å². The molecule has 0 aliphatic rings. The van der Waals surface area contributed by atoms with Gasteiger partial charge in [-0.1, -0.05) is 32.9 Å². The molecule has 0 aliphatic carbocycles. The quantitative estimate of drug-likeness (QED) is 0.547. The number of benzene rings is 2. The molecule has 0 spiro atoms. The predicted octanol–water partition coefficient (Wildman–Crippen LogP) is 4.14. The van der Waals surface area contributed by atoms with E-state index in [-0.39, 0.29) is 16.6 Å². The monoisotopic (exact) mass is 363 g/mol. The van der Waals surface area contributed by atoms with Crippen molar-refractivity contribution in [2.45, 2.75) is 26.2 Å². The second-order valence-electron chi connectivity index (χ2n) is 6.98. The third kappa shape index (κ3) is 5.44. The second kappa shape index (κ2) is 8.19. The number of aromatic carboxylic acids is 1. The first-order valence-electron chi connectivity index (χ1n) is 8.33. The van der Waals surface area contributed by atoms with Gasteiger partial charge >= 0.3 is 5.97 Å². The van der Waals surface area contributed by atoms with Crippen LogP contribution in [0.3, 0.4) is 0 Å². The molecule has 2 aromatic carbocycles. The summed E-state index contributed by atoms with van der Waals surface area (Å²) < 4.78 is 0. The van der Waals surface area contributed by atoms with E-state index < -0.39 is 11.9 Å². The van der Waals surface area contributed by atoms with Gasteiger partial charge in [0.25, 0.3) is 5.91 Å². The Labute approximate surface area is 158 Å². The molecule has 0 unspecified atom stereocenters. The lowest BCUT2D eigenvalue weighted by Crippen LogP contribution is -2.14. The fourth-order valence-electron chi connectivity index (χ4n) is 2.27. The van der Waals surface area contributed by atoms with Gasteiger partial charge in [-0.2, -0.15) is 5.26 Å². The summed E-state index contributed by atoms with van der Waals surface area (Å²) in [6, 6.07) is 15.3. The lowest BCUT2D eigenvalue weighted by atomic mass is 9.87. The minimum Gasteiger partial charge on any atom is -0.478 e. The number of nitriles is 1. The van der Waals surface area contributed by atoms with E-state index in [0.29, 0.717) is 5.69 Å². The van der Waals surface area contributed by atoms with Crippen LogP contribution in [0.25, 0.3) is 0 Å². The second-order valence-corrected chi connectivity index (χ2v) is 6.98. The van der Waals surface area contributed by atoms with Crippen molar-refractivity contribution < 1.29 is 14.7 Å². The molecule has 0 radical (unpaired) electrons. The third-order valence-electron chi connectivity index (χ3n) is 3.89. The summed E-state index contributed by atoms with van der Waals surface area (Å²) in [4.78, 5) is 23.0. The lowest BCUT2D eigenvalue weighted by molar-refractivity contribution is -0.112. The van der Waals surface area contributed by atoms with Crippen LogP contribution in [0.15, 0.2) is 60.3 Å². The van der Waals surface area contributed by atoms with Crippen LogP contribution >= 0.6 is 0 Å². The highest BCUT2D eigenvalue weighted by Crippen LogP contribution is 2.23. The smallest absolute Gasteiger partial charge is 0.335 e. The van der Waals surface area contributed by atoms with Crippen molar-refractivity contribution >= 4 is 23.3 Å². The average Bonchev–Trinajstić information content (AvgIpc) is 2.62. The third-order valence-corrected chi connectivity index (χ3v) is 3.89. The average molecular weight is 363 g/mol. The first kappa shape index (κ1) is 19.7. The summed E-state index contributed by atoms with van der Waals surface area (Å²) in [5.74, 6) is -1.63. The molecule has 2 aromatic rings. The predicted molar refractivity (Wildman–Crippen MR) is 104 cm³/mol. The van der Waals surface area contributed by atoms with E-state index in [1.54, 1.807) is 0 Å². The minimum atomic E-state index is -1.05. The molecular formula is C21H21N3O3. The Morgan fingerprint density at radius 2 is 1.56 bits per heavy atom. The summed E-state index contributed by atoms with van der Waals surface area (Å²) in [7, 11) is 0. The van der Waals surface area contributed by atoms with E-state index in [4.69, 9.17) is 5.11 Å². The Balaban J connectivity index is 2.05. The van der Waals surface area contributed by atoms with Crippen LogP contribution < -0.4 is 10.6 Å². The molecule has 138 valence electrons. The Morgan fingerprint density at radius 1 is 1.00 bits per heavy atom.